The fourth-order valence-corrected chi connectivity index (χ4v) is 3.69. The predicted octanol–water partition coefficient (Wildman–Crippen LogP) is 4.85. The number of carbonyl (C=O) groups is 1. The number of nitrogens with zero attached hydrogens (tertiary/aromatic N) is 1. The number of hydrogen-bond acceptors (Lipinski definition) is 4. The van der Waals surface area contributed by atoms with E-state index in [0.717, 1.165) is 16.5 Å². The number of benzene rings is 2. The van der Waals surface area contributed by atoms with E-state index in [1.165, 1.54) is 18.2 Å². The van der Waals surface area contributed by atoms with Gasteiger partial charge in [-0.1, -0.05) is 17.7 Å². The number of ether oxygens (including phenoxy) is 1. The Labute approximate surface area is 182 Å². The molecule has 0 aliphatic rings. The van der Waals surface area contributed by atoms with Crippen molar-refractivity contribution in [2.45, 2.75) is 19.6 Å². The predicted molar refractivity (Wildman–Crippen MR) is 115 cm³/mol. The summed E-state index contributed by atoms with van der Waals surface area (Å²) < 4.78 is 26.5. The molecule has 0 fully saturated rings. The quantitative estimate of drug-likeness (QED) is 0.407. The van der Waals surface area contributed by atoms with Gasteiger partial charge in [0.05, 0.1) is 11.6 Å². The Morgan fingerprint density at radius 3 is 2.71 bits per heavy atom. The first kappa shape index (κ1) is 21.0. The average molecular weight is 443 g/mol. The Bertz CT molecular complexity index is 1250. The van der Waals surface area contributed by atoms with E-state index in [1.54, 1.807) is 12.1 Å². The molecule has 4 aromatic rings. The summed E-state index contributed by atoms with van der Waals surface area (Å²) in [7, 11) is 0. The third-order valence-corrected chi connectivity index (χ3v) is 5.31. The lowest BCUT2D eigenvalue weighted by Gasteiger charge is -2.09. The Morgan fingerprint density at radius 2 is 2.00 bits per heavy atom. The maximum Gasteiger partial charge on any atom is 0.371 e. The molecule has 0 aliphatic heterocycles. The number of halogens is 2. The van der Waals surface area contributed by atoms with Gasteiger partial charge in [-0.15, -0.1) is 0 Å². The summed E-state index contributed by atoms with van der Waals surface area (Å²) in [6, 6.07) is 13.0. The first-order valence-electron chi connectivity index (χ1n) is 9.65. The summed E-state index contributed by atoms with van der Waals surface area (Å²) in [4.78, 5) is 11.1. The molecule has 0 aliphatic carbocycles. The number of aromatic carboxylic acids is 1. The number of hydrogen-bond donors (Lipinski definition) is 2. The molecule has 0 unspecified atom stereocenters. The minimum absolute atomic E-state index is 0.0937. The number of furan rings is 1. The van der Waals surface area contributed by atoms with Crippen molar-refractivity contribution in [2.75, 3.05) is 6.54 Å². The normalized spacial score (nSPS) is 11.2. The molecule has 2 aromatic heterocycles. The van der Waals surface area contributed by atoms with Crippen LogP contribution in [0.1, 0.15) is 27.4 Å². The van der Waals surface area contributed by atoms with E-state index in [1.807, 2.05) is 29.0 Å². The van der Waals surface area contributed by atoms with Gasteiger partial charge >= 0.3 is 5.97 Å². The zero-order chi connectivity index (χ0) is 22.0. The fourth-order valence-electron chi connectivity index (χ4n) is 3.47. The van der Waals surface area contributed by atoms with Gasteiger partial charge in [-0.25, -0.2) is 9.18 Å². The molecular weight excluding hydrogens is 423 g/mol. The van der Waals surface area contributed by atoms with E-state index in [0.29, 0.717) is 41.6 Å². The van der Waals surface area contributed by atoms with Crippen LogP contribution >= 0.6 is 11.6 Å². The molecule has 0 saturated heterocycles. The molecule has 0 amide bonds. The van der Waals surface area contributed by atoms with Crippen LogP contribution in [0.25, 0.3) is 10.9 Å². The Kier molecular flexibility index (Phi) is 5.97. The number of rotatable bonds is 8. The van der Waals surface area contributed by atoms with Crippen molar-refractivity contribution in [3.63, 3.8) is 0 Å². The molecule has 2 aromatic carbocycles. The number of nitrogens with two attached hydrogens (primary N) is 1. The van der Waals surface area contributed by atoms with Crippen LogP contribution in [0.5, 0.6) is 5.75 Å². The van der Waals surface area contributed by atoms with Crippen molar-refractivity contribution in [2.24, 2.45) is 5.73 Å². The summed E-state index contributed by atoms with van der Waals surface area (Å²) >= 11 is 6.08. The van der Waals surface area contributed by atoms with E-state index in [-0.39, 0.29) is 12.4 Å². The van der Waals surface area contributed by atoms with Crippen LogP contribution in [0.4, 0.5) is 4.39 Å². The topological polar surface area (TPSA) is 90.6 Å². The summed E-state index contributed by atoms with van der Waals surface area (Å²) in [6.45, 7) is 1.08. The van der Waals surface area contributed by atoms with Crippen LogP contribution in [0.3, 0.4) is 0 Å². The van der Waals surface area contributed by atoms with Crippen LogP contribution in [-0.4, -0.2) is 22.2 Å². The van der Waals surface area contributed by atoms with Gasteiger partial charge in [0.1, 0.15) is 23.9 Å². The number of carboxylic acid groups (broad SMARTS) is 1. The van der Waals surface area contributed by atoms with Crippen LogP contribution in [0, 0.1) is 5.82 Å². The Balaban J connectivity index is 1.60. The van der Waals surface area contributed by atoms with Crippen molar-refractivity contribution in [3.8, 4) is 5.75 Å². The lowest BCUT2D eigenvalue weighted by Crippen LogP contribution is -2.02. The van der Waals surface area contributed by atoms with Crippen molar-refractivity contribution >= 4 is 28.5 Å². The summed E-state index contributed by atoms with van der Waals surface area (Å²) in [5.41, 5.74) is 8.47. The van der Waals surface area contributed by atoms with Gasteiger partial charge in [0, 0.05) is 22.7 Å². The van der Waals surface area contributed by atoms with E-state index in [4.69, 9.17) is 31.6 Å². The Morgan fingerprint density at radius 1 is 1.16 bits per heavy atom. The smallest absolute Gasteiger partial charge is 0.371 e. The van der Waals surface area contributed by atoms with Gasteiger partial charge < -0.3 is 24.6 Å². The van der Waals surface area contributed by atoms with Crippen molar-refractivity contribution in [1.29, 1.82) is 0 Å². The molecule has 31 heavy (non-hydrogen) atoms. The third kappa shape index (κ3) is 4.57. The molecule has 0 saturated carbocycles. The van der Waals surface area contributed by atoms with Gasteiger partial charge in [0.25, 0.3) is 0 Å². The SMILES string of the molecule is NCCc1cn(Cc2ccc(C(=O)O)o2)c2ccc(OCc3ccc(F)cc3Cl)cc12. The molecule has 0 bridgehead atoms. The average Bonchev–Trinajstić information content (AvgIpc) is 3.33. The van der Waals surface area contributed by atoms with E-state index >= 15 is 0 Å². The minimum atomic E-state index is -1.10. The largest absolute Gasteiger partial charge is 0.489 e. The summed E-state index contributed by atoms with van der Waals surface area (Å²) in [5.74, 6) is -0.399. The van der Waals surface area contributed by atoms with Crippen LogP contribution in [0.2, 0.25) is 5.02 Å². The first-order chi connectivity index (χ1) is 14.9. The van der Waals surface area contributed by atoms with Gasteiger partial charge in [-0.05, 0) is 61.0 Å². The lowest BCUT2D eigenvalue weighted by molar-refractivity contribution is 0.0660. The van der Waals surface area contributed by atoms with Gasteiger partial charge in [0.15, 0.2) is 0 Å². The second-order valence-electron chi connectivity index (χ2n) is 7.10. The van der Waals surface area contributed by atoms with Crippen LogP contribution in [0.15, 0.2) is 59.1 Å². The molecular formula is C23H20ClFN2O4. The van der Waals surface area contributed by atoms with Crippen molar-refractivity contribution in [1.82, 2.24) is 4.57 Å². The van der Waals surface area contributed by atoms with Gasteiger partial charge in [0.2, 0.25) is 5.76 Å². The third-order valence-electron chi connectivity index (χ3n) is 4.96. The highest BCUT2D eigenvalue weighted by Crippen LogP contribution is 2.28. The van der Waals surface area contributed by atoms with E-state index in [9.17, 15) is 9.18 Å². The highest BCUT2D eigenvalue weighted by molar-refractivity contribution is 6.31. The molecule has 3 N–H and O–H groups in total. The molecule has 8 heteroatoms. The Hall–Kier alpha value is -3.29. The zero-order valence-corrected chi connectivity index (χ0v) is 17.2. The van der Waals surface area contributed by atoms with Gasteiger partial charge in [-0.2, -0.15) is 0 Å². The molecule has 0 spiro atoms. The second-order valence-corrected chi connectivity index (χ2v) is 7.50. The maximum atomic E-state index is 13.2. The number of fused-ring (bicyclic) bond motifs is 1. The molecule has 0 atom stereocenters. The van der Waals surface area contributed by atoms with Crippen LogP contribution in [-0.2, 0) is 19.6 Å². The maximum absolute atomic E-state index is 13.2. The number of aromatic nitrogens is 1. The molecule has 4 rings (SSSR count). The molecule has 160 valence electrons. The van der Waals surface area contributed by atoms with E-state index < -0.39 is 11.8 Å². The lowest BCUT2D eigenvalue weighted by atomic mass is 10.1. The molecule has 0 radical (unpaired) electrons. The molecule has 2 heterocycles. The summed E-state index contributed by atoms with van der Waals surface area (Å²) in [6.07, 6.45) is 2.66. The summed E-state index contributed by atoms with van der Waals surface area (Å²) in [5, 5.41) is 10.3. The van der Waals surface area contributed by atoms with Gasteiger partial charge in [-0.3, -0.25) is 0 Å². The first-order valence-corrected chi connectivity index (χ1v) is 10.0. The second kappa shape index (κ2) is 8.83. The van der Waals surface area contributed by atoms with Crippen molar-refractivity contribution in [3.05, 3.63) is 88.2 Å². The fraction of sp³-hybridized carbons (Fsp3) is 0.174. The van der Waals surface area contributed by atoms with Crippen molar-refractivity contribution < 1.29 is 23.4 Å². The zero-order valence-electron chi connectivity index (χ0n) is 16.5. The highest BCUT2D eigenvalue weighted by atomic mass is 35.5. The molecule has 6 nitrogen and oxygen atoms in total. The highest BCUT2D eigenvalue weighted by Gasteiger charge is 2.14. The minimum Gasteiger partial charge on any atom is -0.489 e. The monoisotopic (exact) mass is 442 g/mol. The van der Waals surface area contributed by atoms with E-state index in [2.05, 4.69) is 0 Å². The van der Waals surface area contributed by atoms with Crippen LogP contribution < -0.4 is 10.5 Å². The standard InChI is InChI=1S/C23H20ClFN2O4/c24-20-9-16(25)2-1-15(20)13-30-17-3-5-21-19(10-17)14(7-8-26)11-27(21)12-18-4-6-22(31-18)23(28)29/h1-6,9-11H,7-8,12-13,26H2,(H,28,29). The number of carboxylic acids is 1.